The zero-order valence-electron chi connectivity index (χ0n) is 8.43. The van der Waals surface area contributed by atoms with Gasteiger partial charge in [0.1, 0.15) is 5.82 Å². The van der Waals surface area contributed by atoms with E-state index in [4.69, 9.17) is 5.73 Å². The second-order valence-corrected chi connectivity index (χ2v) is 4.03. The number of anilines is 1. The molecule has 1 heterocycles. The van der Waals surface area contributed by atoms with E-state index in [1.807, 2.05) is 10.7 Å². The Kier molecular flexibility index (Phi) is 1.78. The number of hydrogen-bond donors (Lipinski definition) is 1. The van der Waals surface area contributed by atoms with Crippen LogP contribution in [0.4, 0.5) is 5.82 Å². The van der Waals surface area contributed by atoms with Crippen molar-refractivity contribution in [3.63, 3.8) is 0 Å². The van der Waals surface area contributed by atoms with Crippen molar-refractivity contribution in [2.45, 2.75) is 18.9 Å². The highest BCUT2D eigenvalue weighted by Gasteiger charge is 2.23. The van der Waals surface area contributed by atoms with Crippen molar-refractivity contribution in [1.82, 2.24) is 9.78 Å². The molecule has 2 N–H and O–H groups in total. The summed E-state index contributed by atoms with van der Waals surface area (Å²) < 4.78 is 1.93. The molecule has 1 aliphatic rings. The molecular formula is C12H13N3. The average molecular weight is 199 g/mol. The van der Waals surface area contributed by atoms with Crippen molar-refractivity contribution >= 4 is 5.82 Å². The molecule has 2 aromatic rings. The molecule has 0 unspecified atom stereocenters. The molecule has 0 spiro atoms. The van der Waals surface area contributed by atoms with Gasteiger partial charge in [-0.25, -0.2) is 4.68 Å². The van der Waals surface area contributed by atoms with E-state index in [9.17, 15) is 0 Å². The Morgan fingerprint density at radius 3 is 2.33 bits per heavy atom. The fourth-order valence-corrected chi connectivity index (χ4v) is 2.34. The first-order chi connectivity index (χ1) is 7.34. The summed E-state index contributed by atoms with van der Waals surface area (Å²) in [6.07, 6.45) is 3.85. The van der Waals surface area contributed by atoms with Gasteiger partial charge in [0.25, 0.3) is 0 Å². The van der Waals surface area contributed by atoms with Gasteiger partial charge in [-0.05, 0) is 30.0 Å². The van der Waals surface area contributed by atoms with Crippen LogP contribution in [0.15, 0.2) is 36.5 Å². The standard InChI is InChI=1S/C12H13N3/c13-12-5-6-14-15(12)11-7-9-3-1-2-4-10(9)8-11/h1-6,11H,7-8,13H2. The Bertz CT molecular complexity index is 462. The maximum absolute atomic E-state index is 5.86. The molecule has 0 atom stereocenters. The van der Waals surface area contributed by atoms with Crippen molar-refractivity contribution in [2.24, 2.45) is 0 Å². The summed E-state index contributed by atoms with van der Waals surface area (Å²) in [7, 11) is 0. The summed E-state index contributed by atoms with van der Waals surface area (Å²) in [4.78, 5) is 0. The summed E-state index contributed by atoms with van der Waals surface area (Å²) in [6, 6.07) is 10.8. The van der Waals surface area contributed by atoms with Crippen molar-refractivity contribution in [1.29, 1.82) is 0 Å². The highest BCUT2D eigenvalue weighted by Crippen LogP contribution is 2.30. The van der Waals surface area contributed by atoms with Crippen molar-refractivity contribution in [3.05, 3.63) is 47.7 Å². The first kappa shape index (κ1) is 8.53. The van der Waals surface area contributed by atoms with Gasteiger partial charge in [0.2, 0.25) is 0 Å². The van der Waals surface area contributed by atoms with E-state index in [0.717, 1.165) is 18.7 Å². The molecule has 1 aliphatic carbocycles. The van der Waals surface area contributed by atoms with Gasteiger partial charge in [-0.3, -0.25) is 0 Å². The molecular weight excluding hydrogens is 186 g/mol. The molecule has 0 saturated heterocycles. The first-order valence-corrected chi connectivity index (χ1v) is 5.20. The molecule has 0 saturated carbocycles. The minimum absolute atomic E-state index is 0.400. The summed E-state index contributed by atoms with van der Waals surface area (Å²) in [5, 5.41) is 4.27. The smallest absolute Gasteiger partial charge is 0.121 e. The predicted octanol–water partition coefficient (Wildman–Crippen LogP) is 1.81. The van der Waals surface area contributed by atoms with Crippen LogP contribution in [-0.2, 0) is 12.8 Å². The number of nitrogen functional groups attached to an aromatic ring is 1. The van der Waals surface area contributed by atoms with Gasteiger partial charge in [-0.1, -0.05) is 24.3 Å². The van der Waals surface area contributed by atoms with E-state index < -0.39 is 0 Å². The molecule has 3 rings (SSSR count). The third-order valence-corrected chi connectivity index (χ3v) is 3.08. The zero-order valence-corrected chi connectivity index (χ0v) is 8.43. The summed E-state index contributed by atoms with van der Waals surface area (Å²) in [5.41, 5.74) is 8.71. The van der Waals surface area contributed by atoms with Gasteiger partial charge in [-0.15, -0.1) is 0 Å². The van der Waals surface area contributed by atoms with Crippen LogP contribution in [0.1, 0.15) is 17.2 Å². The second-order valence-electron chi connectivity index (χ2n) is 4.03. The van der Waals surface area contributed by atoms with Crippen LogP contribution < -0.4 is 5.73 Å². The molecule has 1 aromatic heterocycles. The SMILES string of the molecule is Nc1ccnn1C1Cc2ccccc2C1. The Morgan fingerprint density at radius 2 is 1.80 bits per heavy atom. The maximum atomic E-state index is 5.86. The lowest BCUT2D eigenvalue weighted by Crippen LogP contribution is -2.13. The van der Waals surface area contributed by atoms with E-state index in [-0.39, 0.29) is 0 Å². The topological polar surface area (TPSA) is 43.8 Å². The fourth-order valence-electron chi connectivity index (χ4n) is 2.34. The van der Waals surface area contributed by atoms with Crippen LogP contribution in [0.3, 0.4) is 0 Å². The van der Waals surface area contributed by atoms with Gasteiger partial charge < -0.3 is 5.73 Å². The molecule has 0 radical (unpaired) electrons. The number of nitrogens with two attached hydrogens (primary N) is 1. The van der Waals surface area contributed by atoms with E-state index in [0.29, 0.717) is 6.04 Å². The Morgan fingerprint density at radius 1 is 1.13 bits per heavy atom. The van der Waals surface area contributed by atoms with E-state index in [2.05, 4.69) is 29.4 Å². The quantitative estimate of drug-likeness (QED) is 0.761. The lowest BCUT2D eigenvalue weighted by molar-refractivity contribution is 0.482. The van der Waals surface area contributed by atoms with Crippen LogP contribution in [-0.4, -0.2) is 9.78 Å². The number of nitrogens with zero attached hydrogens (tertiary/aromatic N) is 2. The Labute approximate surface area is 88.5 Å². The van der Waals surface area contributed by atoms with E-state index in [1.165, 1.54) is 11.1 Å². The summed E-state index contributed by atoms with van der Waals surface area (Å²) in [5.74, 6) is 0.757. The van der Waals surface area contributed by atoms with Gasteiger partial charge in [-0.2, -0.15) is 5.10 Å². The lowest BCUT2D eigenvalue weighted by atomic mass is 10.1. The van der Waals surface area contributed by atoms with Crippen LogP contribution in [0.25, 0.3) is 0 Å². The molecule has 3 heteroatoms. The Hall–Kier alpha value is -1.77. The minimum Gasteiger partial charge on any atom is -0.384 e. The monoisotopic (exact) mass is 199 g/mol. The van der Waals surface area contributed by atoms with Crippen molar-refractivity contribution < 1.29 is 0 Å². The average Bonchev–Trinajstić information content (AvgIpc) is 2.82. The number of hydrogen-bond acceptors (Lipinski definition) is 2. The van der Waals surface area contributed by atoms with Gasteiger partial charge in [0.15, 0.2) is 0 Å². The number of benzene rings is 1. The third-order valence-electron chi connectivity index (χ3n) is 3.08. The molecule has 0 fully saturated rings. The predicted molar refractivity (Wildman–Crippen MR) is 59.5 cm³/mol. The number of fused-ring (bicyclic) bond motifs is 1. The Balaban J connectivity index is 1.94. The normalized spacial score (nSPS) is 15.5. The van der Waals surface area contributed by atoms with Crippen LogP contribution in [0.5, 0.6) is 0 Å². The van der Waals surface area contributed by atoms with E-state index in [1.54, 1.807) is 6.20 Å². The van der Waals surface area contributed by atoms with Gasteiger partial charge in [0, 0.05) is 0 Å². The zero-order chi connectivity index (χ0) is 10.3. The highest BCUT2D eigenvalue weighted by atomic mass is 15.3. The van der Waals surface area contributed by atoms with Crippen molar-refractivity contribution in [3.8, 4) is 0 Å². The molecule has 0 aliphatic heterocycles. The summed E-state index contributed by atoms with van der Waals surface area (Å²) >= 11 is 0. The molecule has 1 aromatic carbocycles. The summed E-state index contributed by atoms with van der Waals surface area (Å²) in [6.45, 7) is 0. The van der Waals surface area contributed by atoms with Crippen LogP contribution in [0.2, 0.25) is 0 Å². The van der Waals surface area contributed by atoms with Gasteiger partial charge in [0.05, 0.1) is 12.2 Å². The van der Waals surface area contributed by atoms with E-state index >= 15 is 0 Å². The minimum atomic E-state index is 0.400. The second kappa shape index (κ2) is 3.12. The third kappa shape index (κ3) is 1.31. The van der Waals surface area contributed by atoms with Crippen LogP contribution in [0, 0.1) is 0 Å². The van der Waals surface area contributed by atoms with Crippen LogP contribution >= 0.6 is 0 Å². The maximum Gasteiger partial charge on any atom is 0.121 e. The number of rotatable bonds is 1. The molecule has 3 nitrogen and oxygen atoms in total. The van der Waals surface area contributed by atoms with Gasteiger partial charge >= 0.3 is 0 Å². The molecule has 76 valence electrons. The number of aromatic nitrogens is 2. The molecule has 0 amide bonds. The molecule has 15 heavy (non-hydrogen) atoms. The largest absolute Gasteiger partial charge is 0.384 e. The lowest BCUT2D eigenvalue weighted by Gasteiger charge is -2.11. The molecule has 0 bridgehead atoms. The fraction of sp³-hybridized carbons (Fsp3) is 0.250. The first-order valence-electron chi connectivity index (χ1n) is 5.20. The highest BCUT2D eigenvalue weighted by molar-refractivity contribution is 5.35. The van der Waals surface area contributed by atoms with Crippen molar-refractivity contribution in [2.75, 3.05) is 5.73 Å².